The number of benzene rings is 1. The number of nitrogens with one attached hydrogen (secondary N) is 1. The van der Waals surface area contributed by atoms with Crippen LogP contribution in [-0.4, -0.2) is 31.1 Å². The Morgan fingerprint density at radius 2 is 2.04 bits per heavy atom. The summed E-state index contributed by atoms with van der Waals surface area (Å²) >= 11 is 0. The minimum absolute atomic E-state index is 0.0421. The van der Waals surface area contributed by atoms with E-state index in [4.69, 9.17) is 9.47 Å². The van der Waals surface area contributed by atoms with Crippen LogP contribution in [0.5, 0.6) is 11.5 Å². The maximum absolute atomic E-state index is 12.2. The molecule has 27 heavy (non-hydrogen) atoms. The van der Waals surface area contributed by atoms with Crippen LogP contribution in [0.2, 0.25) is 0 Å². The van der Waals surface area contributed by atoms with Crippen molar-refractivity contribution in [3.05, 3.63) is 23.8 Å². The molecule has 2 atom stereocenters. The van der Waals surface area contributed by atoms with Crippen molar-refractivity contribution in [2.45, 2.75) is 47.0 Å². The van der Waals surface area contributed by atoms with Crippen LogP contribution in [0.25, 0.3) is 0 Å². The van der Waals surface area contributed by atoms with Gasteiger partial charge in [0, 0.05) is 17.2 Å². The maximum atomic E-state index is 12.2. The van der Waals surface area contributed by atoms with Crippen molar-refractivity contribution in [2.75, 3.05) is 13.7 Å². The van der Waals surface area contributed by atoms with Crippen molar-refractivity contribution >= 4 is 17.4 Å². The van der Waals surface area contributed by atoms with Gasteiger partial charge >= 0.3 is 0 Å². The molecule has 2 bridgehead atoms. The summed E-state index contributed by atoms with van der Waals surface area (Å²) in [5.41, 5.74) is 4.37. The number of ether oxygens (including phenoxy) is 2. The van der Waals surface area contributed by atoms with Crippen molar-refractivity contribution in [2.24, 2.45) is 21.8 Å². The first-order chi connectivity index (χ1) is 12.7. The zero-order valence-electron chi connectivity index (χ0n) is 16.7. The van der Waals surface area contributed by atoms with E-state index in [1.165, 1.54) is 20.5 Å². The van der Waals surface area contributed by atoms with Crippen molar-refractivity contribution in [1.29, 1.82) is 0 Å². The molecule has 2 fully saturated rings. The number of hydrazone groups is 1. The number of carbonyl (C=O) groups is 2. The second-order valence-electron chi connectivity index (χ2n) is 8.29. The van der Waals surface area contributed by atoms with Crippen LogP contribution in [0.3, 0.4) is 0 Å². The fraction of sp³-hybridized carbons (Fsp3) is 0.571. The second-order valence-corrected chi connectivity index (χ2v) is 8.29. The van der Waals surface area contributed by atoms with Crippen molar-refractivity contribution < 1.29 is 19.1 Å². The van der Waals surface area contributed by atoms with E-state index in [1.54, 1.807) is 18.2 Å². The third-order valence-electron chi connectivity index (χ3n) is 6.75. The van der Waals surface area contributed by atoms with Gasteiger partial charge in [0.1, 0.15) is 11.5 Å². The van der Waals surface area contributed by atoms with E-state index in [0.29, 0.717) is 23.0 Å². The molecule has 6 nitrogen and oxygen atoms in total. The quantitative estimate of drug-likeness (QED) is 0.611. The molecule has 2 aliphatic carbocycles. The molecule has 0 radical (unpaired) electrons. The number of rotatable bonds is 6. The minimum Gasteiger partial charge on any atom is -0.497 e. The summed E-state index contributed by atoms with van der Waals surface area (Å²) < 4.78 is 10.7. The van der Waals surface area contributed by atoms with Gasteiger partial charge in [0.05, 0.1) is 12.7 Å². The molecule has 3 rings (SSSR count). The Balaban J connectivity index is 1.64. The van der Waals surface area contributed by atoms with E-state index < -0.39 is 0 Å². The smallest absolute Gasteiger partial charge is 0.277 e. The molecule has 2 aliphatic rings. The Kier molecular flexibility index (Phi) is 5.02. The highest BCUT2D eigenvalue weighted by Gasteiger charge is 2.60. The highest BCUT2D eigenvalue weighted by molar-refractivity contribution is 5.97. The lowest BCUT2D eigenvalue weighted by molar-refractivity contribution is -0.123. The molecule has 1 amide bonds. The van der Waals surface area contributed by atoms with Crippen LogP contribution >= 0.6 is 0 Å². The number of ketones is 1. The average molecular weight is 372 g/mol. The van der Waals surface area contributed by atoms with E-state index in [2.05, 4.69) is 31.3 Å². The highest BCUT2D eigenvalue weighted by Crippen LogP contribution is 2.63. The Bertz CT molecular complexity index is 799. The molecule has 2 unspecified atom stereocenters. The minimum atomic E-state index is -0.344. The molecule has 2 saturated carbocycles. The molecule has 6 heteroatoms. The molecule has 0 spiro atoms. The van der Waals surface area contributed by atoms with E-state index >= 15 is 0 Å². The fourth-order valence-electron chi connectivity index (χ4n) is 4.44. The van der Waals surface area contributed by atoms with Crippen molar-refractivity contribution in [3.63, 3.8) is 0 Å². The van der Waals surface area contributed by atoms with Crippen molar-refractivity contribution in [3.8, 4) is 11.5 Å². The summed E-state index contributed by atoms with van der Waals surface area (Å²) in [6.45, 7) is 8.08. The van der Waals surface area contributed by atoms with Crippen LogP contribution in [0.4, 0.5) is 0 Å². The zero-order valence-corrected chi connectivity index (χ0v) is 16.7. The number of hydrogen-bond acceptors (Lipinski definition) is 5. The Hall–Kier alpha value is -2.37. The number of amides is 1. The van der Waals surface area contributed by atoms with Gasteiger partial charge in [-0.2, -0.15) is 5.10 Å². The first-order valence-electron chi connectivity index (χ1n) is 9.36. The Labute approximate surface area is 160 Å². The lowest BCUT2D eigenvalue weighted by atomic mass is 9.70. The number of hydrogen-bond donors (Lipinski definition) is 1. The van der Waals surface area contributed by atoms with E-state index in [0.717, 1.165) is 18.6 Å². The fourth-order valence-corrected chi connectivity index (χ4v) is 4.44. The van der Waals surface area contributed by atoms with E-state index in [1.807, 2.05) is 0 Å². The number of Topliss-reactive ketones (excluding diaryl/α,β-unsaturated/α-hetero) is 1. The van der Waals surface area contributed by atoms with E-state index in [9.17, 15) is 9.59 Å². The molecule has 1 N–H and O–H groups in total. The zero-order chi connectivity index (χ0) is 19.8. The SMILES string of the molecule is COc1ccc(C(C)=O)c(OCC(=O)N/N=C2\CC3CCC2(C)C3(C)C)c1. The molecule has 146 valence electrons. The topological polar surface area (TPSA) is 77.0 Å². The van der Waals surface area contributed by atoms with Gasteiger partial charge in [-0.3, -0.25) is 9.59 Å². The predicted octanol–water partition coefficient (Wildman–Crippen LogP) is 3.60. The first kappa shape index (κ1) is 19.4. The third kappa shape index (κ3) is 3.33. The van der Waals surface area contributed by atoms with Crippen LogP contribution in [-0.2, 0) is 4.79 Å². The van der Waals surface area contributed by atoms with Gasteiger partial charge in [0.2, 0.25) is 0 Å². The first-order valence-corrected chi connectivity index (χ1v) is 9.36. The molecular formula is C21H28N2O4. The molecule has 0 aliphatic heterocycles. The second kappa shape index (κ2) is 6.98. The van der Waals surface area contributed by atoms with Gasteiger partial charge in [-0.15, -0.1) is 0 Å². The van der Waals surface area contributed by atoms with Crippen LogP contribution < -0.4 is 14.9 Å². The number of methoxy groups -OCH3 is 1. The van der Waals surface area contributed by atoms with Crippen molar-refractivity contribution in [1.82, 2.24) is 5.43 Å². The molecule has 0 saturated heterocycles. The van der Waals surface area contributed by atoms with Gasteiger partial charge < -0.3 is 9.47 Å². The van der Waals surface area contributed by atoms with Crippen LogP contribution in [0, 0.1) is 16.7 Å². The standard InChI is InChI=1S/C21H28N2O4/c1-13(24)16-7-6-15(26-5)11-17(16)27-12-19(25)23-22-18-10-14-8-9-21(18,4)20(14,2)3/h6-7,11,14H,8-10,12H2,1-5H3,(H,23,25)/b22-18+. The average Bonchev–Trinajstić information content (AvgIpc) is 2.97. The lowest BCUT2D eigenvalue weighted by Gasteiger charge is -2.34. The lowest BCUT2D eigenvalue weighted by Crippen LogP contribution is -2.35. The van der Waals surface area contributed by atoms with Gasteiger partial charge in [0.25, 0.3) is 5.91 Å². The van der Waals surface area contributed by atoms with Gasteiger partial charge in [-0.25, -0.2) is 5.43 Å². The maximum Gasteiger partial charge on any atom is 0.277 e. The third-order valence-corrected chi connectivity index (χ3v) is 6.75. The molecular weight excluding hydrogens is 344 g/mol. The summed E-state index contributed by atoms with van der Waals surface area (Å²) in [5.74, 6) is 1.05. The number of nitrogens with zero attached hydrogens (tertiary/aromatic N) is 1. The van der Waals surface area contributed by atoms with Crippen LogP contribution in [0.1, 0.15) is 57.3 Å². The molecule has 0 aromatic heterocycles. The highest BCUT2D eigenvalue weighted by atomic mass is 16.5. The monoisotopic (exact) mass is 372 g/mol. The van der Waals surface area contributed by atoms with E-state index in [-0.39, 0.29) is 29.1 Å². The normalized spacial score (nSPS) is 26.9. The largest absolute Gasteiger partial charge is 0.497 e. The summed E-state index contributed by atoms with van der Waals surface area (Å²) in [7, 11) is 1.53. The Morgan fingerprint density at radius 1 is 1.30 bits per heavy atom. The summed E-state index contributed by atoms with van der Waals surface area (Å²) in [5, 5.41) is 4.42. The summed E-state index contributed by atoms with van der Waals surface area (Å²) in [4.78, 5) is 24.0. The van der Waals surface area contributed by atoms with Gasteiger partial charge in [-0.05, 0) is 49.7 Å². The number of fused-ring (bicyclic) bond motifs is 2. The number of carbonyl (C=O) groups excluding carboxylic acids is 2. The molecule has 1 aromatic carbocycles. The van der Waals surface area contributed by atoms with Crippen LogP contribution in [0.15, 0.2) is 23.3 Å². The molecule has 1 aromatic rings. The molecule has 0 heterocycles. The van der Waals surface area contributed by atoms with Gasteiger partial charge in [0.15, 0.2) is 12.4 Å². The Morgan fingerprint density at radius 3 is 2.59 bits per heavy atom. The van der Waals surface area contributed by atoms with Gasteiger partial charge in [-0.1, -0.05) is 20.8 Å². The predicted molar refractivity (Wildman–Crippen MR) is 103 cm³/mol. The summed E-state index contributed by atoms with van der Waals surface area (Å²) in [6.07, 6.45) is 3.28. The summed E-state index contributed by atoms with van der Waals surface area (Å²) in [6, 6.07) is 4.93.